The molecule has 1 atom stereocenters. The van der Waals surface area contributed by atoms with E-state index >= 15 is 0 Å². The maximum absolute atomic E-state index is 12.4. The van der Waals surface area contributed by atoms with E-state index in [0.29, 0.717) is 5.88 Å². The summed E-state index contributed by atoms with van der Waals surface area (Å²) in [4.78, 5) is 4.59. The first kappa shape index (κ1) is 22.3. The summed E-state index contributed by atoms with van der Waals surface area (Å²) in [7, 11) is 0. The van der Waals surface area contributed by atoms with Gasteiger partial charge in [-0.3, -0.25) is 0 Å². The van der Waals surface area contributed by atoms with Gasteiger partial charge in [-0.15, -0.1) is 6.42 Å². The highest BCUT2D eigenvalue weighted by Gasteiger charge is 2.27. The van der Waals surface area contributed by atoms with E-state index < -0.39 is 12.0 Å². The van der Waals surface area contributed by atoms with Crippen LogP contribution in [0.15, 0.2) is 72.8 Å². The Morgan fingerprint density at radius 2 is 1.71 bits per heavy atom. The number of nitrogens with zero attached hydrogens (tertiary/aromatic N) is 1. The molecular formula is C26H25F2NO2. The average molecular weight is 421 g/mol. The summed E-state index contributed by atoms with van der Waals surface area (Å²) in [5, 5.41) is 0. The summed E-state index contributed by atoms with van der Waals surface area (Å²) in [5.41, 5.74) is 1.38. The van der Waals surface area contributed by atoms with Gasteiger partial charge in [-0.25, -0.2) is 4.98 Å². The van der Waals surface area contributed by atoms with E-state index in [2.05, 4.69) is 15.6 Å². The third kappa shape index (κ3) is 6.05. The van der Waals surface area contributed by atoms with Gasteiger partial charge in [-0.1, -0.05) is 49.2 Å². The van der Waals surface area contributed by atoms with Gasteiger partial charge in [0.2, 0.25) is 5.88 Å². The summed E-state index contributed by atoms with van der Waals surface area (Å²) in [5.74, 6) is 4.36. The third-order valence-electron chi connectivity index (χ3n) is 5.30. The van der Waals surface area contributed by atoms with Crippen LogP contribution in [0.5, 0.6) is 17.4 Å². The Balaban J connectivity index is 1.64. The van der Waals surface area contributed by atoms with Crippen molar-refractivity contribution in [2.45, 2.75) is 44.6 Å². The van der Waals surface area contributed by atoms with Gasteiger partial charge in [0.05, 0.1) is 5.41 Å². The number of hydrogen-bond donors (Lipinski definition) is 0. The monoisotopic (exact) mass is 421 g/mol. The molecule has 0 aliphatic carbocycles. The Kier molecular flexibility index (Phi) is 7.61. The minimum Gasteiger partial charge on any atom is -0.439 e. The van der Waals surface area contributed by atoms with Gasteiger partial charge in [0.1, 0.15) is 11.5 Å². The second-order valence-electron chi connectivity index (χ2n) is 7.22. The first-order valence-corrected chi connectivity index (χ1v) is 10.3. The molecule has 0 N–H and O–H groups in total. The Hall–Kier alpha value is -3.39. The van der Waals surface area contributed by atoms with Gasteiger partial charge in [-0.05, 0) is 61.6 Å². The third-order valence-corrected chi connectivity index (χ3v) is 5.30. The molecule has 1 aromatic heterocycles. The lowest BCUT2D eigenvalue weighted by atomic mass is 9.75. The van der Waals surface area contributed by atoms with Crippen LogP contribution in [0.25, 0.3) is 0 Å². The molecule has 0 fully saturated rings. The smallest absolute Gasteiger partial charge is 0.387 e. The molecule has 3 aromatic rings. The van der Waals surface area contributed by atoms with Crippen LogP contribution in [-0.4, -0.2) is 11.6 Å². The lowest BCUT2D eigenvalue weighted by Crippen LogP contribution is -2.23. The number of para-hydroxylation sites is 1. The van der Waals surface area contributed by atoms with E-state index in [1.54, 1.807) is 12.1 Å². The van der Waals surface area contributed by atoms with Gasteiger partial charge in [-0.2, -0.15) is 8.78 Å². The standard InChI is InChI=1S/C26H25F2NO2/c1-3-26(4-2,20-15-17-23(18-16-20)31-25(27)28)19-9-11-21-10-8-14-24(29-21)30-22-12-6-5-7-13-22/h1,5-8,10,12-18,25H,4,9,11,19H2,2H3. The molecule has 0 bridgehead atoms. The number of halogens is 2. The van der Waals surface area contributed by atoms with E-state index in [4.69, 9.17) is 11.2 Å². The molecule has 1 heterocycles. The molecule has 0 saturated heterocycles. The molecular weight excluding hydrogens is 396 g/mol. The molecule has 3 nitrogen and oxygen atoms in total. The molecule has 31 heavy (non-hydrogen) atoms. The van der Waals surface area contributed by atoms with Crippen molar-refractivity contribution in [1.82, 2.24) is 4.98 Å². The van der Waals surface area contributed by atoms with E-state index in [1.165, 1.54) is 12.1 Å². The number of alkyl halides is 2. The van der Waals surface area contributed by atoms with Crippen LogP contribution in [0.1, 0.15) is 37.4 Å². The van der Waals surface area contributed by atoms with Gasteiger partial charge in [0, 0.05) is 11.8 Å². The van der Waals surface area contributed by atoms with E-state index in [0.717, 1.165) is 42.7 Å². The molecule has 160 valence electrons. The zero-order chi connectivity index (χ0) is 22.1. The van der Waals surface area contributed by atoms with Gasteiger partial charge in [0.25, 0.3) is 0 Å². The number of hydrogen-bond acceptors (Lipinski definition) is 3. The molecule has 0 saturated carbocycles. The van der Waals surface area contributed by atoms with Crippen LogP contribution in [0.3, 0.4) is 0 Å². The van der Waals surface area contributed by atoms with Crippen molar-refractivity contribution in [3.05, 3.63) is 84.1 Å². The highest BCUT2D eigenvalue weighted by Crippen LogP contribution is 2.34. The Morgan fingerprint density at radius 1 is 0.968 bits per heavy atom. The summed E-state index contributed by atoms with van der Waals surface area (Å²) < 4.78 is 35.0. The number of rotatable bonds is 10. The minimum absolute atomic E-state index is 0.125. The number of ether oxygens (including phenoxy) is 2. The van der Waals surface area contributed by atoms with E-state index in [-0.39, 0.29) is 5.75 Å². The van der Waals surface area contributed by atoms with Gasteiger partial charge in [0.15, 0.2) is 0 Å². The van der Waals surface area contributed by atoms with Gasteiger partial charge < -0.3 is 9.47 Å². The molecule has 0 aliphatic rings. The van der Waals surface area contributed by atoms with Crippen molar-refractivity contribution in [1.29, 1.82) is 0 Å². The summed E-state index contributed by atoms with van der Waals surface area (Å²) >= 11 is 0. The summed E-state index contributed by atoms with van der Waals surface area (Å²) in [6.45, 7) is -0.806. The maximum Gasteiger partial charge on any atom is 0.387 e. The van der Waals surface area contributed by atoms with Crippen molar-refractivity contribution >= 4 is 0 Å². The van der Waals surface area contributed by atoms with Crippen molar-refractivity contribution in [2.75, 3.05) is 0 Å². The highest BCUT2D eigenvalue weighted by molar-refractivity contribution is 5.38. The normalized spacial score (nSPS) is 12.7. The topological polar surface area (TPSA) is 31.4 Å². The number of aryl methyl sites for hydroxylation is 1. The zero-order valence-electron chi connectivity index (χ0n) is 17.4. The van der Waals surface area contributed by atoms with Gasteiger partial charge >= 0.3 is 6.61 Å². The fourth-order valence-electron chi connectivity index (χ4n) is 3.57. The average Bonchev–Trinajstić information content (AvgIpc) is 2.78. The second-order valence-corrected chi connectivity index (χ2v) is 7.22. The summed E-state index contributed by atoms with van der Waals surface area (Å²) in [6, 6.07) is 21.9. The van der Waals surface area contributed by atoms with Crippen molar-refractivity contribution in [3.63, 3.8) is 0 Å². The van der Waals surface area contributed by atoms with Crippen LogP contribution in [-0.2, 0) is 11.8 Å². The Bertz CT molecular complexity index is 1000. The fourth-order valence-corrected chi connectivity index (χ4v) is 3.57. The molecule has 1 unspecified atom stereocenters. The molecule has 0 spiro atoms. The van der Waals surface area contributed by atoms with Crippen LogP contribution in [0.2, 0.25) is 0 Å². The lowest BCUT2D eigenvalue weighted by molar-refractivity contribution is -0.0498. The summed E-state index contributed by atoms with van der Waals surface area (Å²) in [6.07, 6.45) is 8.99. The lowest BCUT2D eigenvalue weighted by Gasteiger charge is -2.28. The first-order chi connectivity index (χ1) is 15.0. The van der Waals surface area contributed by atoms with Crippen molar-refractivity contribution in [2.24, 2.45) is 0 Å². The second kappa shape index (κ2) is 10.6. The van der Waals surface area contributed by atoms with E-state index in [1.807, 2.05) is 55.5 Å². The molecule has 2 aromatic carbocycles. The maximum atomic E-state index is 12.4. The number of pyridine rings is 1. The molecule has 5 heteroatoms. The predicted molar refractivity (Wildman–Crippen MR) is 118 cm³/mol. The molecule has 0 aliphatic heterocycles. The zero-order valence-corrected chi connectivity index (χ0v) is 17.4. The minimum atomic E-state index is -2.84. The fraction of sp³-hybridized carbons (Fsp3) is 0.269. The van der Waals surface area contributed by atoms with Crippen LogP contribution >= 0.6 is 0 Å². The van der Waals surface area contributed by atoms with Crippen molar-refractivity contribution in [3.8, 4) is 29.7 Å². The van der Waals surface area contributed by atoms with Crippen molar-refractivity contribution < 1.29 is 18.3 Å². The number of terminal acetylenes is 1. The highest BCUT2D eigenvalue weighted by atomic mass is 19.3. The SMILES string of the molecule is C#CC(CC)(CCCc1cccc(Oc2ccccc2)n1)c1ccc(OC(F)F)cc1. The molecule has 3 rings (SSSR count). The van der Waals surface area contributed by atoms with Crippen LogP contribution in [0, 0.1) is 12.3 Å². The quantitative estimate of drug-likeness (QED) is 0.338. The Morgan fingerprint density at radius 3 is 2.35 bits per heavy atom. The predicted octanol–water partition coefficient (Wildman–Crippen LogP) is 6.78. The van der Waals surface area contributed by atoms with Crippen LogP contribution in [0.4, 0.5) is 8.78 Å². The largest absolute Gasteiger partial charge is 0.439 e. The molecule has 0 amide bonds. The Labute approximate surface area is 182 Å². The first-order valence-electron chi connectivity index (χ1n) is 10.3. The van der Waals surface area contributed by atoms with Crippen LogP contribution < -0.4 is 9.47 Å². The molecule has 0 radical (unpaired) electrons. The number of benzene rings is 2. The van der Waals surface area contributed by atoms with E-state index in [9.17, 15) is 8.78 Å². The number of aromatic nitrogens is 1.